The summed E-state index contributed by atoms with van der Waals surface area (Å²) in [6, 6.07) is 14.9. The predicted molar refractivity (Wildman–Crippen MR) is 130 cm³/mol. The zero-order valence-corrected chi connectivity index (χ0v) is 19.0. The normalized spacial score (nSPS) is 18.0. The van der Waals surface area contributed by atoms with E-state index in [1.165, 1.54) is 17.0 Å². The molecule has 5 rings (SSSR count). The third-order valence-corrected chi connectivity index (χ3v) is 6.08. The summed E-state index contributed by atoms with van der Waals surface area (Å²) in [6.07, 6.45) is 1.85. The molecule has 35 heavy (non-hydrogen) atoms. The Morgan fingerprint density at radius 2 is 1.71 bits per heavy atom. The highest BCUT2D eigenvalue weighted by atomic mass is 19.1. The number of nitrogens with one attached hydrogen (secondary N) is 2. The van der Waals surface area contributed by atoms with E-state index in [9.17, 15) is 14.0 Å². The minimum absolute atomic E-state index is 0.112. The van der Waals surface area contributed by atoms with Crippen LogP contribution in [0.15, 0.2) is 60.8 Å². The maximum atomic E-state index is 13.2. The SMILES string of the molecule is O=C(Nc1ccc(Nc2cc(N3CCOCC3)cnn2)cc1)C1CC(=O)N(c2ccc(F)cc2)C1. The monoisotopic (exact) mass is 476 g/mol. The molecule has 2 saturated heterocycles. The van der Waals surface area contributed by atoms with Crippen molar-refractivity contribution in [2.45, 2.75) is 6.42 Å². The number of hydrogen-bond donors (Lipinski definition) is 2. The molecule has 1 aromatic heterocycles. The van der Waals surface area contributed by atoms with Crippen molar-refractivity contribution in [1.29, 1.82) is 0 Å². The Hall–Kier alpha value is -4.05. The molecule has 3 heterocycles. The number of benzene rings is 2. The second kappa shape index (κ2) is 10.1. The van der Waals surface area contributed by atoms with Crippen LogP contribution in [0.3, 0.4) is 0 Å². The molecular weight excluding hydrogens is 451 g/mol. The van der Waals surface area contributed by atoms with E-state index < -0.39 is 5.92 Å². The van der Waals surface area contributed by atoms with Gasteiger partial charge in [0.2, 0.25) is 11.8 Å². The summed E-state index contributed by atoms with van der Waals surface area (Å²) in [5.74, 6) is -0.617. The highest BCUT2D eigenvalue weighted by molar-refractivity contribution is 6.03. The molecule has 10 heteroatoms. The van der Waals surface area contributed by atoms with Crippen molar-refractivity contribution < 1.29 is 18.7 Å². The van der Waals surface area contributed by atoms with Gasteiger partial charge in [0.05, 0.1) is 31.0 Å². The molecule has 1 atom stereocenters. The third-order valence-electron chi connectivity index (χ3n) is 6.08. The highest BCUT2D eigenvalue weighted by Gasteiger charge is 2.35. The maximum absolute atomic E-state index is 13.2. The van der Waals surface area contributed by atoms with Crippen LogP contribution in [-0.2, 0) is 14.3 Å². The Bertz CT molecular complexity index is 1200. The lowest BCUT2D eigenvalue weighted by Crippen LogP contribution is -2.36. The van der Waals surface area contributed by atoms with E-state index in [2.05, 4.69) is 25.7 Å². The van der Waals surface area contributed by atoms with E-state index in [0.717, 1.165) is 24.5 Å². The number of halogens is 1. The van der Waals surface area contributed by atoms with Crippen LogP contribution in [0.1, 0.15) is 6.42 Å². The zero-order valence-electron chi connectivity index (χ0n) is 19.0. The van der Waals surface area contributed by atoms with E-state index in [1.54, 1.807) is 30.5 Å². The Morgan fingerprint density at radius 3 is 2.46 bits per heavy atom. The van der Waals surface area contributed by atoms with Crippen LogP contribution in [0, 0.1) is 11.7 Å². The van der Waals surface area contributed by atoms with E-state index in [4.69, 9.17) is 4.74 Å². The molecule has 2 amide bonds. The van der Waals surface area contributed by atoms with Crippen molar-refractivity contribution in [3.8, 4) is 0 Å². The number of ether oxygens (including phenoxy) is 1. The summed E-state index contributed by atoms with van der Waals surface area (Å²) in [4.78, 5) is 28.9. The van der Waals surface area contributed by atoms with Gasteiger partial charge in [-0.3, -0.25) is 9.59 Å². The largest absolute Gasteiger partial charge is 0.378 e. The second-order valence-corrected chi connectivity index (χ2v) is 8.47. The van der Waals surface area contributed by atoms with Crippen molar-refractivity contribution in [1.82, 2.24) is 10.2 Å². The number of carbonyl (C=O) groups excluding carboxylic acids is 2. The first kappa shape index (κ1) is 22.7. The first-order valence-electron chi connectivity index (χ1n) is 11.4. The molecule has 9 nitrogen and oxygen atoms in total. The van der Waals surface area contributed by atoms with Crippen molar-refractivity contribution in [2.75, 3.05) is 53.3 Å². The number of amides is 2. The lowest BCUT2D eigenvalue weighted by atomic mass is 10.1. The fraction of sp³-hybridized carbons (Fsp3) is 0.280. The Labute approximate surface area is 201 Å². The Morgan fingerprint density at radius 1 is 1.00 bits per heavy atom. The maximum Gasteiger partial charge on any atom is 0.229 e. The van der Waals surface area contributed by atoms with Gasteiger partial charge < -0.3 is 25.2 Å². The molecule has 0 spiro atoms. The Balaban J connectivity index is 1.18. The number of carbonyl (C=O) groups is 2. The lowest BCUT2D eigenvalue weighted by Gasteiger charge is -2.28. The van der Waals surface area contributed by atoms with E-state index in [0.29, 0.717) is 30.4 Å². The average Bonchev–Trinajstić information content (AvgIpc) is 3.28. The molecule has 1 unspecified atom stereocenters. The van der Waals surface area contributed by atoms with Gasteiger partial charge in [0.1, 0.15) is 5.82 Å². The number of morpholine rings is 1. The third kappa shape index (κ3) is 5.38. The predicted octanol–water partition coefficient (Wildman–Crippen LogP) is 3.19. The molecule has 2 aliphatic rings. The summed E-state index contributed by atoms with van der Waals surface area (Å²) in [6.45, 7) is 3.27. The number of anilines is 5. The van der Waals surface area contributed by atoms with Crippen LogP contribution in [0.4, 0.5) is 33.0 Å². The van der Waals surface area contributed by atoms with E-state index in [-0.39, 0.29) is 30.6 Å². The van der Waals surface area contributed by atoms with Crippen LogP contribution < -0.4 is 20.4 Å². The van der Waals surface area contributed by atoms with E-state index >= 15 is 0 Å². The van der Waals surface area contributed by atoms with Gasteiger partial charge in [-0.15, -0.1) is 5.10 Å². The molecular formula is C25H25FN6O3. The van der Waals surface area contributed by atoms with Crippen molar-refractivity contribution in [3.05, 3.63) is 66.6 Å². The molecule has 2 N–H and O–H groups in total. The quantitative estimate of drug-likeness (QED) is 0.564. The molecule has 0 aliphatic carbocycles. The van der Waals surface area contributed by atoms with Gasteiger partial charge in [-0.05, 0) is 48.5 Å². The van der Waals surface area contributed by atoms with Crippen molar-refractivity contribution in [2.24, 2.45) is 5.92 Å². The first-order valence-corrected chi connectivity index (χ1v) is 11.4. The highest BCUT2D eigenvalue weighted by Crippen LogP contribution is 2.27. The molecule has 180 valence electrons. The van der Waals surface area contributed by atoms with Gasteiger partial charge in [0, 0.05) is 49.2 Å². The van der Waals surface area contributed by atoms with Gasteiger partial charge in [0.15, 0.2) is 5.82 Å². The molecule has 2 aliphatic heterocycles. The Kier molecular flexibility index (Phi) is 6.53. The standard InChI is InChI=1S/C25H25FN6O3/c26-18-1-7-21(8-2-18)32-16-17(13-24(32)33)25(34)29-20-5-3-19(4-6-20)28-23-14-22(15-27-30-23)31-9-11-35-12-10-31/h1-8,14-15,17H,9-13,16H2,(H,28,30)(H,29,34). The van der Waals surface area contributed by atoms with Crippen LogP contribution in [0.2, 0.25) is 0 Å². The van der Waals surface area contributed by atoms with Gasteiger partial charge in [-0.2, -0.15) is 5.10 Å². The summed E-state index contributed by atoms with van der Waals surface area (Å²) in [5, 5.41) is 14.4. The minimum Gasteiger partial charge on any atom is -0.378 e. The second-order valence-electron chi connectivity index (χ2n) is 8.47. The molecule has 0 radical (unpaired) electrons. The fourth-order valence-electron chi connectivity index (χ4n) is 4.19. The van der Waals surface area contributed by atoms with Gasteiger partial charge in [0.25, 0.3) is 0 Å². The summed E-state index contributed by atoms with van der Waals surface area (Å²) in [7, 11) is 0. The number of hydrogen-bond acceptors (Lipinski definition) is 7. The lowest BCUT2D eigenvalue weighted by molar-refractivity contribution is -0.122. The van der Waals surface area contributed by atoms with Gasteiger partial charge >= 0.3 is 0 Å². The van der Waals surface area contributed by atoms with Crippen LogP contribution in [0.5, 0.6) is 0 Å². The van der Waals surface area contributed by atoms with Crippen LogP contribution >= 0.6 is 0 Å². The summed E-state index contributed by atoms with van der Waals surface area (Å²) >= 11 is 0. The summed E-state index contributed by atoms with van der Waals surface area (Å²) in [5.41, 5.74) is 3.00. The number of aromatic nitrogens is 2. The summed E-state index contributed by atoms with van der Waals surface area (Å²) < 4.78 is 18.6. The van der Waals surface area contributed by atoms with Gasteiger partial charge in [-0.25, -0.2) is 4.39 Å². The topological polar surface area (TPSA) is 99.7 Å². The van der Waals surface area contributed by atoms with Crippen LogP contribution in [0.25, 0.3) is 0 Å². The van der Waals surface area contributed by atoms with Crippen molar-refractivity contribution >= 4 is 40.4 Å². The van der Waals surface area contributed by atoms with Gasteiger partial charge in [-0.1, -0.05) is 0 Å². The minimum atomic E-state index is -0.483. The zero-order chi connectivity index (χ0) is 24.2. The molecule has 0 saturated carbocycles. The molecule has 0 bridgehead atoms. The molecule has 2 fully saturated rings. The van der Waals surface area contributed by atoms with Crippen LogP contribution in [-0.4, -0.2) is 54.9 Å². The first-order chi connectivity index (χ1) is 17.0. The van der Waals surface area contributed by atoms with E-state index in [1.807, 2.05) is 18.2 Å². The molecule has 3 aromatic rings. The number of nitrogens with zero attached hydrogens (tertiary/aromatic N) is 4. The molecule has 2 aromatic carbocycles. The fourth-order valence-corrected chi connectivity index (χ4v) is 4.19. The average molecular weight is 477 g/mol. The number of rotatable bonds is 6. The smallest absolute Gasteiger partial charge is 0.229 e. The van der Waals surface area contributed by atoms with Crippen molar-refractivity contribution in [3.63, 3.8) is 0 Å².